The molecule has 3 rings (SSSR count). The van der Waals surface area contributed by atoms with Crippen LogP contribution in [0, 0.1) is 5.41 Å². The fourth-order valence-corrected chi connectivity index (χ4v) is 2.81. The standard InChI is InChI=1S/C15H16F3NO/c1-13(8-19-9-13)12(20)10-2-4-11(5-3-10)14(6-7-14)15(16,17)18/h2-5,19H,6-9H2,1H3. The number of ketones is 1. The zero-order valence-electron chi connectivity index (χ0n) is 11.2. The predicted octanol–water partition coefficient (Wildman–Crippen LogP) is 3.07. The number of benzene rings is 1. The Labute approximate surface area is 115 Å². The summed E-state index contributed by atoms with van der Waals surface area (Å²) in [6.45, 7) is 3.12. The predicted molar refractivity (Wildman–Crippen MR) is 68.7 cm³/mol. The van der Waals surface area contributed by atoms with E-state index in [2.05, 4.69) is 5.32 Å². The van der Waals surface area contributed by atoms with Crippen LogP contribution in [-0.4, -0.2) is 25.0 Å². The molecule has 0 bridgehead atoms. The molecule has 2 nitrogen and oxygen atoms in total. The number of carbonyl (C=O) groups excluding carboxylic acids is 1. The first-order valence-corrected chi connectivity index (χ1v) is 6.71. The highest BCUT2D eigenvalue weighted by Crippen LogP contribution is 2.58. The Hall–Kier alpha value is -1.36. The number of rotatable bonds is 3. The van der Waals surface area contributed by atoms with Crippen molar-refractivity contribution in [2.75, 3.05) is 13.1 Å². The molecule has 5 heteroatoms. The van der Waals surface area contributed by atoms with E-state index in [9.17, 15) is 18.0 Å². The lowest BCUT2D eigenvalue weighted by molar-refractivity contribution is -0.160. The van der Waals surface area contributed by atoms with Gasteiger partial charge >= 0.3 is 6.18 Å². The summed E-state index contributed by atoms with van der Waals surface area (Å²) in [5.74, 6) is -0.000319. The number of carbonyl (C=O) groups is 1. The average Bonchev–Trinajstić information content (AvgIpc) is 3.16. The number of alkyl halides is 3. The van der Waals surface area contributed by atoms with Crippen LogP contribution in [0.2, 0.25) is 0 Å². The van der Waals surface area contributed by atoms with Crippen LogP contribution < -0.4 is 5.32 Å². The largest absolute Gasteiger partial charge is 0.398 e. The van der Waals surface area contributed by atoms with E-state index < -0.39 is 17.0 Å². The Balaban J connectivity index is 1.84. The molecule has 0 atom stereocenters. The number of hydrogen-bond donors (Lipinski definition) is 1. The quantitative estimate of drug-likeness (QED) is 0.864. The van der Waals surface area contributed by atoms with Crippen LogP contribution in [-0.2, 0) is 5.41 Å². The Bertz CT molecular complexity index is 539. The Morgan fingerprint density at radius 2 is 1.70 bits per heavy atom. The summed E-state index contributed by atoms with van der Waals surface area (Å²) in [7, 11) is 0. The molecule has 1 aromatic rings. The van der Waals surface area contributed by atoms with Crippen LogP contribution in [0.4, 0.5) is 13.2 Å². The molecule has 1 N–H and O–H groups in total. The maximum atomic E-state index is 13.0. The van der Waals surface area contributed by atoms with Crippen molar-refractivity contribution < 1.29 is 18.0 Å². The number of nitrogens with one attached hydrogen (secondary N) is 1. The van der Waals surface area contributed by atoms with Crippen LogP contribution in [0.25, 0.3) is 0 Å². The summed E-state index contributed by atoms with van der Waals surface area (Å²) in [4.78, 5) is 12.3. The molecule has 2 aliphatic rings. The van der Waals surface area contributed by atoms with Gasteiger partial charge in [-0.05, 0) is 25.3 Å². The molecule has 20 heavy (non-hydrogen) atoms. The molecule has 1 heterocycles. The molecule has 1 saturated heterocycles. The second kappa shape index (κ2) is 4.07. The smallest absolute Gasteiger partial charge is 0.315 e. The van der Waals surface area contributed by atoms with Crippen LogP contribution in [0.1, 0.15) is 35.7 Å². The van der Waals surface area contributed by atoms with E-state index in [-0.39, 0.29) is 24.2 Å². The van der Waals surface area contributed by atoms with Crippen molar-refractivity contribution in [3.05, 3.63) is 35.4 Å². The van der Waals surface area contributed by atoms with Crippen molar-refractivity contribution in [3.63, 3.8) is 0 Å². The second-order valence-electron chi connectivity index (χ2n) is 6.15. The molecule has 108 valence electrons. The van der Waals surface area contributed by atoms with E-state index >= 15 is 0 Å². The fraction of sp³-hybridized carbons (Fsp3) is 0.533. The minimum atomic E-state index is -4.21. The molecule has 0 amide bonds. The lowest BCUT2D eigenvalue weighted by Crippen LogP contribution is -2.56. The van der Waals surface area contributed by atoms with Crippen molar-refractivity contribution in [1.82, 2.24) is 5.32 Å². The zero-order valence-corrected chi connectivity index (χ0v) is 11.2. The third-order valence-corrected chi connectivity index (χ3v) is 4.57. The summed E-state index contributed by atoms with van der Waals surface area (Å²) in [5, 5.41) is 3.05. The minimum Gasteiger partial charge on any atom is -0.315 e. The highest BCUT2D eigenvalue weighted by atomic mass is 19.4. The Kier molecular flexibility index (Phi) is 2.77. The maximum Gasteiger partial charge on any atom is 0.398 e. The van der Waals surface area contributed by atoms with Gasteiger partial charge in [0, 0.05) is 18.7 Å². The Morgan fingerprint density at radius 1 is 1.15 bits per heavy atom. The topological polar surface area (TPSA) is 29.1 Å². The molecule has 0 spiro atoms. The van der Waals surface area contributed by atoms with Gasteiger partial charge in [-0.15, -0.1) is 0 Å². The molecular weight excluding hydrogens is 267 g/mol. The molecule has 0 unspecified atom stereocenters. The van der Waals surface area contributed by atoms with Gasteiger partial charge in [0.2, 0.25) is 0 Å². The first kappa shape index (κ1) is 13.6. The molecule has 1 aromatic carbocycles. The van der Waals surface area contributed by atoms with Crippen LogP contribution in [0.3, 0.4) is 0 Å². The lowest BCUT2D eigenvalue weighted by Gasteiger charge is -2.37. The van der Waals surface area contributed by atoms with Crippen LogP contribution in [0.5, 0.6) is 0 Å². The van der Waals surface area contributed by atoms with Crippen LogP contribution >= 0.6 is 0 Å². The Morgan fingerprint density at radius 3 is 2.05 bits per heavy atom. The van der Waals surface area contributed by atoms with Crippen molar-refractivity contribution >= 4 is 5.78 Å². The van der Waals surface area contributed by atoms with E-state index in [0.717, 1.165) is 0 Å². The summed E-state index contributed by atoms with van der Waals surface area (Å²) in [6.07, 6.45) is -3.92. The van der Waals surface area contributed by atoms with E-state index in [1.807, 2.05) is 6.92 Å². The molecule has 0 radical (unpaired) electrons. The van der Waals surface area contributed by atoms with Gasteiger partial charge in [0.1, 0.15) is 0 Å². The van der Waals surface area contributed by atoms with Crippen molar-refractivity contribution in [3.8, 4) is 0 Å². The number of Topliss-reactive ketones (excluding diaryl/α,β-unsaturated/α-hetero) is 1. The number of halogens is 3. The summed E-state index contributed by atoms with van der Waals surface area (Å²) >= 11 is 0. The van der Waals surface area contributed by atoms with E-state index in [0.29, 0.717) is 18.7 Å². The molecular formula is C15H16F3NO. The molecule has 1 aliphatic carbocycles. The normalized spacial score (nSPS) is 23.0. The monoisotopic (exact) mass is 283 g/mol. The lowest BCUT2D eigenvalue weighted by atomic mass is 9.77. The van der Waals surface area contributed by atoms with Gasteiger partial charge in [-0.1, -0.05) is 24.3 Å². The van der Waals surface area contributed by atoms with E-state index in [1.54, 1.807) is 0 Å². The third-order valence-electron chi connectivity index (χ3n) is 4.57. The zero-order chi connectivity index (χ0) is 14.6. The van der Waals surface area contributed by atoms with Gasteiger partial charge in [-0.25, -0.2) is 0 Å². The fourth-order valence-electron chi connectivity index (χ4n) is 2.81. The van der Waals surface area contributed by atoms with Gasteiger partial charge in [-0.2, -0.15) is 13.2 Å². The van der Waals surface area contributed by atoms with Gasteiger partial charge in [-0.3, -0.25) is 4.79 Å². The van der Waals surface area contributed by atoms with Gasteiger partial charge in [0.15, 0.2) is 5.78 Å². The van der Waals surface area contributed by atoms with Crippen molar-refractivity contribution in [2.45, 2.75) is 31.4 Å². The first-order valence-electron chi connectivity index (χ1n) is 6.71. The summed E-state index contributed by atoms with van der Waals surface area (Å²) < 4.78 is 39.1. The number of hydrogen-bond acceptors (Lipinski definition) is 2. The molecule has 2 fully saturated rings. The average molecular weight is 283 g/mol. The van der Waals surface area contributed by atoms with Gasteiger partial charge < -0.3 is 5.32 Å². The second-order valence-corrected chi connectivity index (χ2v) is 6.15. The first-order chi connectivity index (χ1) is 9.29. The third kappa shape index (κ3) is 1.87. The highest BCUT2D eigenvalue weighted by molar-refractivity contribution is 6.01. The molecule has 1 saturated carbocycles. The van der Waals surface area contributed by atoms with Gasteiger partial charge in [0.25, 0.3) is 0 Å². The maximum absolute atomic E-state index is 13.0. The summed E-state index contributed by atoms with van der Waals surface area (Å²) in [6, 6.07) is 5.99. The molecule has 1 aliphatic heterocycles. The van der Waals surface area contributed by atoms with E-state index in [4.69, 9.17) is 0 Å². The van der Waals surface area contributed by atoms with Crippen molar-refractivity contribution in [1.29, 1.82) is 0 Å². The summed E-state index contributed by atoms with van der Waals surface area (Å²) in [5.41, 5.74) is -1.31. The molecule has 0 aromatic heterocycles. The minimum absolute atomic E-state index is 0.000319. The SMILES string of the molecule is CC1(C(=O)c2ccc(C3(C(F)(F)F)CC3)cc2)CNC1. The van der Waals surface area contributed by atoms with Crippen molar-refractivity contribution in [2.24, 2.45) is 5.41 Å². The van der Waals surface area contributed by atoms with E-state index in [1.165, 1.54) is 24.3 Å². The highest BCUT2D eigenvalue weighted by Gasteiger charge is 2.64. The van der Waals surface area contributed by atoms with Crippen LogP contribution in [0.15, 0.2) is 24.3 Å². The van der Waals surface area contributed by atoms with Gasteiger partial charge in [0.05, 0.1) is 10.8 Å².